The largest absolute Gasteiger partial charge is 0.491 e. The van der Waals surface area contributed by atoms with Crippen molar-refractivity contribution in [2.75, 3.05) is 0 Å². The molecular formula is C26H25N3O3S. The van der Waals surface area contributed by atoms with E-state index in [4.69, 9.17) is 9.72 Å². The van der Waals surface area contributed by atoms with Gasteiger partial charge in [0.15, 0.2) is 5.82 Å². The third-order valence-electron chi connectivity index (χ3n) is 5.03. The second-order valence-electron chi connectivity index (χ2n) is 7.78. The fourth-order valence-corrected chi connectivity index (χ4v) is 4.32. The molecule has 33 heavy (non-hydrogen) atoms. The number of aromatic nitrogens is 2. The van der Waals surface area contributed by atoms with Crippen molar-refractivity contribution < 1.29 is 14.6 Å². The first-order valence-electron chi connectivity index (χ1n) is 10.7. The highest BCUT2D eigenvalue weighted by Crippen LogP contribution is 2.27. The Kier molecular flexibility index (Phi) is 7.12. The second-order valence-corrected chi connectivity index (χ2v) is 8.76. The molecule has 0 radical (unpaired) electrons. The Balaban J connectivity index is 1.61. The SMILES string of the molecule is CC(C)Oc1ccc(-c2ccnc(C(NCc3ccccc3C(=O)O)c3cccs3)n2)cc1. The van der Waals surface area contributed by atoms with Crippen molar-refractivity contribution in [1.29, 1.82) is 0 Å². The van der Waals surface area contributed by atoms with Crippen LogP contribution in [0.1, 0.15) is 46.5 Å². The van der Waals surface area contributed by atoms with E-state index in [0.29, 0.717) is 17.9 Å². The van der Waals surface area contributed by atoms with Crippen LogP contribution in [0.5, 0.6) is 5.75 Å². The van der Waals surface area contributed by atoms with Crippen LogP contribution in [0.15, 0.2) is 78.3 Å². The number of nitrogens with zero attached hydrogens (tertiary/aromatic N) is 2. The third kappa shape index (κ3) is 5.63. The lowest BCUT2D eigenvalue weighted by Gasteiger charge is -2.18. The molecule has 0 amide bonds. The number of rotatable bonds is 9. The van der Waals surface area contributed by atoms with E-state index in [1.807, 2.05) is 73.8 Å². The monoisotopic (exact) mass is 459 g/mol. The summed E-state index contributed by atoms with van der Waals surface area (Å²) in [6.45, 7) is 4.37. The molecule has 7 heteroatoms. The molecule has 2 aromatic heterocycles. The van der Waals surface area contributed by atoms with Gasteiger partial charge >= 0.3 is 5.97 Å². The van der Waals surface area contributed by atoms with Crippen LogP contribution in [-0.2, 0) is 6.54 Å². The summed E-state index contributed by atoms with van der Waals surface area (Å²) in [7, 11) is 0. The summed E-state index contributed by atoms with van der Waals surface area (Å²) in [6.07, 6.45) is 1.87. The van der Waals surface area contributed by atoms with Gasteiger partial charge in [-0.1, -0.05) is 24.3 Å². The molecule has 4 rings (SSSR count). The van der Waals surface area contributed by atoms with Gasteiger partial charge in [-0.15, -0.1) is 11.3 Å². The van der Waals surface area contributed by atoms with Crippen LogP contribution in [0.4, 0.5) is 0 Å². The van der Waals surface area contributed by atoms with Gasteiger partial charge in [0.2, 0.25) is 0 Å². The Morgan fingerprint density at radius 3 is 2.55 bits per heavy atom. The molecule has 6 nitrogen and oxygen atoms in total. The number of hydrogen-bond donors (Lipinski definition) is 2. The molecule has 0 saturated heterocycles. The van der Waals surface area contributed by atoms with Crippen molar-refractivity contribution in [2.45, 2.75) is 32.5 Å². The highest BCUT2D eigenvalue weighted by Gasteiger charge is 2.20. The van der Waals surface area contributed by atoms with Crippen LogP contribution >= 0.6 is 11.3 Å². The van der Waals surface area contributed by atoms with Gasteiger partial charge in [-0.3, -0.25) is 5.32 Å². The molecule has 0 aliphatic heterocycles. The van der Waals surface area contributed by atoms with E-state index >= 15 is 0 Å². The number of benzene rings is 2. The molecular weight excluding hydrogens is 434 g/mol. The lowest BCUT2D eigenvalue weighted by Crippen LogP contribution is -2.24. The van der Waals surface area contributed by atoms with Crippen LogP contribution in [0.3, 0.4) is 0 Å². The minimum absolute atomic E-state index is 0.116. The summed E-state index contributed by atoms with van der Waals surface area (Å²) in [5.41, 5.74) is 2.78. The number of carbonyl (C=O) groups is 1. The van der Waals surface area contributed by atoms with Crippen LogP contribution in [0.2, 0.25) is 0 Å². The minimum Gasteiger partial charge on any atom is -0.491 e. The van der Waals surface area contributed by atoms with E-state index < -0.39 is 5.97 Å². The summed E-state index contributed by atoms with van der Waals surface area (Å²) < 4.78 is 5.73. The molecule has 2 heterocycles. The van der Waals surface area contributed by atoms with Crippen LogP contribution in [0.25, 0.3) is 11.3 Å². The number of thiophene rings is 1. The zero-order valence-electron chi connectivity index (χ0n) is 18.4. The molecule has 2 N–H and O–H groups in total. The molecule has 0 bridgehead atoms. The molecule has 1 atom stereocenters. The number of ether oxygens (including phenoxy) is 1. The molecule has 4 aromatic rings. The number of aromatic carboxylic acids is 1. The summed E-state index contributed by atoms with van der Waals surface area (Å²) in [4.78, 5) is 22.0. The Bertz CT molecular complexity index is 1210. The smallest absolute Gasteiger partial charge is 0.336 e. The van der Waals surface area contributed by atoms with Crippen molar-refractivity contribution in [3.05, 3.63) is 100 Å². The predicted octanol–water partition coefficient (Wildman–Crippen LogP) is 5.57. The van der Waals surface area contributed by atoms with Crippen LogP contribution in [0, 0.1) is 0 Å². The molecule has 0 aliphatic rings. The molecule has 1 unspecified atom stereocenters. The molecule has 0 fully saturated rings. The Morgan fingerprint density at radius 2 is 1.85 bits per heavy atom. The summed E-state index contributed by atoms with van der Waals surface area (Å²) in [6, 6.07) is 20.5. The fourth-order valence-electron chi connectivity index (χ4n) is 3.52. The average Bonchev–Trinajstić information content (AvgIpc) is 3.34. The Hall–Kier alpha value is -3.55. The quantitative estimate of drug-likeness (QED) is 0.340. The normalized spacial score (nSPS) is 12.0. The van der Waals surface area contributed by atoms with Crippen LogP contribution < -0.4 is 10.1 Å². The fraction of sp³-hybridized carbons (Fsp3) is 0.192. The van der Waals surface area contributed by atoms with Crippen molar-refractivity contribution in [1.82, 2.24) is 15.3 Å². The summed E-state index contributed by atoms with van der Waals surface area (Å²) in [5.74, 6) is 0.506. The lowest BCUT2D eigenvalue weighted by molar-refractivity contribution is 0.0695. The number of nitrogens with one attached hydrogen (secondary N) is 1. The molecule has 168 valence electrons. The summed E-state index contributed by atoms with van der Waals surface area (Å²) >= 11 is 1.61. The first-order valence-corrected chi connectivity index (χ1v) is 11.6. The van der Waals surface area contributed by atoms with Crippen LogP contribution in [-0.4, -0.2) is 27.1 Å². The summed E-state index contributed by atoms with van der Waals surface area (Å²) in [5, 5.41) is 15.0. The zero-order valence-corrected chi connectivity index (χ0v) is 19.3. The highest BCUT2D eigenvalue weighted by molar-refractivity contribution is 7.10. The van der Waals surface area contributed by atoms with E-state index in [-0.39, 0.29) is 17.7 Å². The van der Waals surface area contributed by atoms with Crippen molar-refractivity contribution in [2.24, 2.45) is 0 Å². The van der Waals surface area contributed by atoms with E-state index in [0.717, 1.165) is 21.9 Å². The standard InChI is InChI=1S/C26H25N3O3S/c1-17(2)32-20-11-9-18(10-12-20)22-13-14-27-25(29-22)24(23-8-5-15-33-23)28-16-19-6-3-4-7-21(19)26(30)31/h3-15,17,24,28H,16H2,1-2H3,(H,30,31). The third-order valence-corrected chi connectivity index (χ3v) is 5.96. The number of carboxylic acids is 1. The number of carboxylic acid groups (broad SMARTS) is 1. The van der Waals surface area contributed by atoms with E-state index in [2.05, 4.69) is 10.3 Å². The van der Waals surface area contributed by atoms with Gasteiger partial charge in [0, 0.05) is 23.2 Å². The Morgan fingerprint density at radius 1 is 1.06 bits per heavy atom. The van der Waals surface area contributed by atoms with Gasteiger partial charge < -0.3 is 9.84 Å². The molecule has 0 spiro atoms. The minimum atomic E-state index is -0.941. The van der Waals surface area contributed by atoms with Crippen molar-refractivity contribution in [3.63, 3.8) is 0 Å². The zero-order chi connectivity index (χ0) is 23.2. The van der Waals surface area contributed by atoms with Crippen molar-refractivity contribution >= 4 is 17.3 Å². The first kappa shape index (κ1) is 22.6. The second kappa shape index (κ2) is 10.4. The number of hydrogen-bond acceptors (Lipinski definition) is 6. The van der Waals surface area contributed by atoms with Gasteiger partial charge in [0.25, 0.3) is 0 Å². The van der Waals surface area contributed by atoms with Gasteiger partial charge in [-0.25, -0.2) is 14.8 Å². The van der Waals surface area contributed by atoms with E-state index in [9.17, 15) is 9.90 Å². The molecule has 0 saturated carbocycles. The topological polar surface area (TPSA) is 84.3 Å². The van der Waals surface area contributed by atoms with E-state index in [1.165, 1.54) is 0 Å². The molecule has 2 aromatic carbocycles. The maximum atomic E-state index is 11.6. The van der Waals surface area contributed by atoms with Gasteiger partial charge in [-0.2, -0.15) is 0 Å². The van der Waals surface area contributed by atoms with Gasteiger partial charge in [-0.05, 0) is 67.3 Å². The van der Waals surface area contributed by atoms with Crippen molar-refractivity contribution in [3.8, 4) is 17.0 Å². The maximum Gasteiger partial charge on any atom is 0.336 e. The average molecular weight is 460 g/mol. The lowest BCUT2D eigenvalue weighted by atomic mass is 10.1. The predicted molar refractivity (Wildman–Crippen MR) is 130 cm³/mol. The van der Waals surface area contributed by atoms with E-state index in [1.54, 1.807) is 29.7 Å². The van der Waals surface area contributed by atoms with Gasteiger partial charge in [0.05, 0.1) is 17.4 Å². The molecule has 0 aliphatic carbocycles. The first-order chi connectivity index (χ1) is 16.0. The van der Waals surface area contributed by atoms with Gasteiger partial charge in [0.1, 0.15) is 11.8 Å². The highest BCUT2D eigenvalue weighted by atomic mass is 32.1. The maximum absolute atomic E-state index is 11.6. The Labute approximate surface area is 196 Å².